The number of morpholine rings is 1. The summed E-state index contributed by atoms with van der Waals surface area (Å²) >= 11 is 7.49. The van der Waals surface area contributed by atoms with E-state index in [2.05, 4.69) is 4.90 Å². The second kappa shape index (κ2) is 6.59. The number of hydrogen-bond donors (Lipinski definition) is 0. The van der Waals surface area contributed by atoms with Crippen LogP contribution < -0.4 is 0 Å². The monoisotopic (exact) mass is 325 g/mol. The molecule has 1 aromatic carbocycles. The molecule has 0 bridgehead atoms. The van der Waals surface area contributed by atoms with Crippen molar-refractivity contribution in [1.29, 1.82) is 0 Å². The van der Waals surface area contributed by atoms with Gasteiger partial charge < -0.3 is 9.64 Å². The van der Waals surface area contributed by atoms with Crippen LogP contribution >= 0.6 is 23.4 Å². The first kappa shape index (κ1) is 15.2. The predicted molar refractivity (Wildman–Crippen MR) is 85.8 cm³/mol. The van der Waals surface area contributed by atoms with Gasteiger partial charge in [-0.2, -0.15) is 0 Å². The number of amides is 1. The van der Waals surface area contributed by atoms with Crippen molar-refractivity contribution in [2.45, 2.75) is 36.0 Å². The van der Waals surface area contributed by atoms with E-state index in [1.165, 1.54) is 12.8 Å². The Hall–Kier alpha value is -0.710. The van der Waals surface area contributed by atoms with Gasteiger partial charge in [-0.1, -0.05) is 11.6 Å². The molecule has 2 aliphatic rings. The van der Waals surface area contributed by atoms with Gasteiger partial charge in [-0.15, -0.1) is 11.8 Å². The fraction of sp³-hybridized carbons (Fsp3) is 0.562. The molecule has 2 fully saturated rings. The number of rotatable bonds is 4. The number of halogens is 1. The Kier molecular flexibility index (Phi) is 4.77. The summed E-state index contributed by atoms with van der Waals surface area (Å²) in [4.78, 5) is 15.9. The van der Waals surface area contributed by atoms with Gasteiger partial charge in [0.05, 0.1) is 24.5 Å². The Balaban J connectivity index is 1.63. The van der Waals surface area contributed by atoms with Crippen LogP contribution in [0.4, 0.5) is 0 Å². The van der Waals surface area contributed by atoms with Gasteiger partial charge in [-0.05, 0) is 49.9 Å². The van der Waals surface area contributed by atoms with Gasteiger partial charge in [0.2, 0.25) is 5.91 Å². The molecule has 0 unspecified atom stereocenters. The molecule has 114 valence electrons. The maximum atomic E-state index is 12.7. The zero-order chi connectivity index (χ0) is 14.8. The molecule has 1 aliphatic heterocycles. The molecule has 1 saturated carbocycles. The second-order valence-corrected chi connectivity index (χ2v) is 7.58. The van der Waals surface area contributed by atoms with Gasteiger partial charge in [-0.25, -0.2) is 0 Å². The molecule has 1 saturated heterocycles. The maximum absolute atomic E-state index is 12.7. The summed E-state index contributed by atoms with van der Waals surface area (Å²) in [6.07, 6.45) is 2.47. The predicted octanol–water partition coefficient (Wildman–Crippen LogP) is 3.46. The Labute approximate surface area is 135 Å². The van der Waals surface area contributed by atoms with Crippen molar-refractivity contribution in [3.63, 3.8) is 0 Å². The quantitative estimate of drug-likeness (QED) is 0.794. The SMILES string of the molecule is C[C@@H](Sc1ccc(Cl)cc1)C(=O)N1CCOC[C@H]1C1CC1. The van der Waals surface area contributed by atoms with Gasteiger partial charge in [0.1, 0.15) is 0 Å². The first-order chi connectivity index (χ1) is 10.1. The van der Waals surface area contributed by atoms with E-state index >= 15 is 0 Å². The van der Waals surface area contributed by atoms with Crippen LogP contribution in [-0.4, -0.2) is 41.9 Å². The van der Waals surface area contributed by atoms with Crippen molar-refractivity contribution in [3.05, 3.63) is 29.3 Å². The van der Waals surface area contributed by atoms with Crippen LogP contribution in [0, 0.1) is 5.92 Å². The van der Waals surface area contributed by atoms with E-state index < -0.39 is 0 Å². The van der Waals surface area contributed by atoms with Crippen LogP contribution in [0.2, 0.25) is 5.02 Å². The van der Waals surface area contributed by atoms with Gasteiger partial charge in [0, 0.05) is 16.5 Å². The summed E-state index contributed by atoms with van der Waals surface area (Å²) in [6, 6.07) is 7.95. The number of carbonyl (C=O) groups excluding carboxylic acids is 1. The Morgan fingerprint density at radius 3 is 2.76 bits per heavy atom. The molecule has 3 rings (SSSR count). The number of carbonyl (C=O) groups is 1. The van der Waals surface area contributed by atoms with Crippen molar-refractivity contribution in [1.82, 2.24) is 4.90 Å². The molecular formula is C16H20ClNO2S. The van der Waals surface area contributed by atoms with Crippen LogP contribution in [-0.2, 0) is 9.53 Å². The highest BCUT2D eigenvalue weighted by Crippen LogP contribution is 2.37. The standard InChI is InChI=1S/C16H20ClNO2S/c1-11(21-14-6-4-13(17)5-7-14)16(19)18-8-9-20-10-15(18)12-2-3-12/h4-7,11-12,15H,2-3,8-10H2,1H3/t11-,15+/m1/s1. The second-order valence-electron chi connectivity index (χ2n) is 5.73. The normalized spacial score (nSPS) is 23.9. The number of ether oxygens (including phenoxy) is 1. The summed E-state index contributed by atoms with van der Waals surface area (Å²) < 4.78 is 5.56. The van der Waals surface area contributed by atoms with Gasteiger partial charge in [0.25, 0.3) is 0 Å². The van der Waals surface area contributed by atoms with Crippen LogP contribution in [0.25, 0.3) is 0 Å². The molecule has 2 atom stereocenters. The number of thioether (sulfide) groups is 1. The van der Waals surface area contributed by atoms with Crippen molar-refractivity contribution < 1.29 is 9.53 Å². The third kappa shape index (κ3) is 3.74. The van der Waals surface area contributed by atoms with Gasteiger partial charge in [-0.3, -0.25) is 4.79 Å². The number of nitrogens with zero attached hydrogens (tertiary/aromatic N) is 1. The van der Waals surface area contributed by atoms with Gasteiger partial charge in [0.15, 0.2) is 0 Å². The van der Waals surface area contributed by atoms with Crippen molar-refractivity contribution in [3.8, 4) is 0 Å². The van der Waals surface area contributed by atoms with Crippen molar-refractivity contribution in [2.75, 3.05) is 19.8 Å². The van der Waals surface area contributed by atoms with Crippen molar-refractivity contribution >= 4 is 29.3 Å². The maximum Gasteiger partial charge on any atom is 0.236 e. The molecule has 3 nitrogen and oxygen atoms in total. The molecular weight excluding hydrogens is 306 g/mol. The minimum Gasteiger partial charge on any atom is -0.377 e. The van der Waals surface area contributed by atoms with E-state index in [-0.39, 0.29) is 11.2 Å². The fourth-order valence-electron chi connectivity index (χ4n) is 2.77. The van der Waals surface area contributed by atoms with E-state index in [1.807, 2.05) is 31.2 Å². The smallest absolute Gasteiger partial charge is 0.236 e. The third-order valence-corrected chi connectivity index (χ3v) is 5.44. The highest BCUT2D eigenvalue weighted by Gasteiger charge is 2.40. The molecule has 5 heteroatoms. The lowest BCUT2D eigenvalue weighted by atomic mass is 10.1. The summed E-state index contributed by atoms with van der Waals surface area (Å²) in [5.41, 5.74) is 0. The number of benzene rings is 1. The van der Waals surface area contributed by atoms with Crippen molar-refractivity contribution in [2.24, 2.45) is 5.92 Å². The fourth-order valence-corrected chi connectivity index (χ4v) is 3.83. The molecule has 1 amide bonds. The molecule has 1 heterocycles. The molecule has 0 N–H and O–H groups in total. The van der Waals surface area contributed by atoms with E-state index in [4.69, 9.17) is 16.3 Å². The summed E-state index contributed by atoms with van der Waals surface area (Å²) in [5, 5.41) is 0.644. The lowest BCUT2D eigenvalue weighted by Gasteiger charge is -2.37. The molecule has 0 radical (unpaired) electrons. The Morgan fingerprint density at radius 1 is 1.38 bits per heavy atom. The molecule has 0 spiro atoms. The third-order valence-electron chi connectivity index (χ3n) is 4.09. The van der Waals surface area contributed by atoms with E-state index in [0.29, 0.717) is 25.2 Å². The Morgan fingerprint density at radius 2 is 2.10 bits per heavy atom. The molecule has 1 aliphatic carbocycles. The Bertz CT molecular complexity index is 504. The van der Waals surface area contributed by atoms with E-state index in [0.717, 1.165) is 16.5 Å². The minimum atomic E-state index is -0.0782. The summed E-state index contributed by atoms with van der Waals surface area (Å²) in [6.45, 7) is 4.08. The van der Waals surface area contributed by atoms with Crippen LogP contribution in [0.3, 0.4) is 0 Å². The largest absolute Gasteiger partial charge is 0.377 e. The minimum absolute atomic E-state index is 0.0782. The van der Waals surface area contributed by atoms with E-state index in [1.54, 1.807) is 11.8 Å². The van der Waals surface area contributed by atoms with E-state index in [9.17, 15) is 4.79 Å². The lowest BCUT2D eigenvalue weighted by Crippen LogP contribution is -2.52. The highest BCUT2D eigenvalue weighted by atomic mass is 35.5. The number of hydrogen-bond acceptors (Lipinski definition) is 3. The topological polar surface area (TPSA) is 29.5 Å². The van der Waals surface area contributed by atoms with Crippen LogP contribution in [0.1, 0.15) is 19.8 Å². The molecule has 0 aromatic heterocycles. The zero-order valence-corrected chi connectivity index (χ0v) is 13.7. The van der Waals surface area contributed by atoms with Crippen LogP contribution in [0.5, 0.6) is 0 Å². The molecule has 21 heavy (non-hydrogen) atoms. The lowest BCUT2D eigenvalue weighted by molar-refractivity contribution is -0.139. The summed E-state index contributed by atoms with van der Waals surface area (Å²) in [5.74, 6) is 0.886. The van der Waals surface area contributed by atoms with Gasteiger partial charge >= 0.3 is 0 Å². The first-order valence-electron chi connectivity index (χ1n) is 7.45. The average molecular weight is 326 g/mol. The van der Waals surface area contributed by atoms with Crippen LogP contribution in [0.15, 0.2) is 29.2 Å². The highest BCUT2D eigenvalue weighted by molar-refractivity contribution is 8.00. The first-order valence-corrected chi connectivity index (χ1v) is 8.71. The molecule has 1 aromatic rings. The zero-order valence-electron chi connectivity index (χ0n) is 12.1. The average Bonchev–Trinajstić information content (AvgIpc) is 3.33. The summed E-state index contributed by atoms with van der Waals surface area (Å²) in [7, 11) is 0.